The number of para-hydroxylation sites is 1. The molecule has 1 aliphatic rings. The van der Waals surface area contributed by atoms with E-state index in [4.69, 9.17) is 9.47 Å². The van der Waals surface area contributed by atoms with Crippen molar-refractivity contribution in [1.29, 1.82) is 0 Å². The van der Waals surface area contributed by atoms with Crippen LogP contribution < -0.4 is 10.6 Å². The van der Waals surface area contributed by atoms with E-state index in [-0.39, 0.29) is 5.60 Å². The molecule has 5 rings (SSSR count). The van der Waals surface area contributed by atoms with Crippen LogP contribution in [0.25, 0.3) is 11.1 Å². The first kappa shape index (κ1) is 24.1. The highest BCUT2D eigenvalue weighted by atomic mass is 16.6. The number of hydrogen-bond donors (Lipinski definition) is 2. The fraction of sp³-hybridized carbons (Fsp3) is 0.250. The molecule has 36 heavy (non-hydrogen) atoms. The largest absolute Gasteiger partial charge is 0.375 e. The number of ether oxygens (including phenoxy) is 2. The third-order valence-corrected chi connectivity index (χ3v) is 6.53. The molecule has 4 nitrogen and oxygen atoms in total. The average molecular weight is 479 g/mol. The first-order chi connectivity index (χ1) is 17.7. The Morgan fingerprint density at radius 2 is 1.14 bits per heavy atom. The minimum Gasteiger partial charge on any atom is -0.375 e. The van der Waals surface area contributed by atoms with Gasteiger partial charge in [0.15, 0.2) is 0 Å². The van der Waals surface area contributed by atoms with Crippen molar-refractivity contribution in [2.45, 2.75) is 31.8 Å². The standard InChI is InChI=1S/C32H34N2O2/c1-32(23-35-24-32)36-22-6-5-7-25-10-16-29(17-11-25)34-31-20-14-27(15-21-31)26-12-18-30(19-13-26)33-28-8-3-2-4-9-28/h2-4,8-21,33-34H,5-7,22-24H2,1H3. The van der Waals surface area contributed by atoms with Gasteiger partial charge in [0.2, 0.25) is 0 Å². The molecule has 1 fully saturated rings. The highest BCUT2D eigenvalue weighted by Crippen LogP contribution is 2.26. The van der Waals surface area contributed by atoms with Gasteiger partial charge in [-0.05, 0) is 91.4 Å². The molecule has 0 unspecified atom stereocenters. The first-order valence-corrected chi connectivity index (χ1v) is 12.8. The first-order valence-electron chi connectivity index (χ1n) is 12.8. The molecule has 184 valence electrons. The van der Waals surface area contributed by atoms with Crippen LogP contribution in [0.5, 0.6) is 0 Å². The summed E-state index contributed by atoms with van der Waals surface area (Å²) in [6, 6.07) is 36.1. The van der Waals surface area contributed by atoms with Gasteiger partial charge in [0.05, 0.1) is 13.2 Å². The van der Waals surface area contributed by atoms with E-state index >= 15 is 0 Å². The Hall–Kier alpha value is -3.60. The fourth-order valence-electron chi connectivity index (χ4n) is 4.32. The van der Waals surface area contributed by atoms with E-state index in [0.717, 1.165) is 61.8 Å². The Morgan fingerprint density at radius 1 is 0.639 bits per heavy atom. The normalized spacial score (nSPS) is 14.1. The molecule has 0 atom stereocenters. The predicted molar refractivity (Wildman–Crippen MR) is 149 cm³/mol. The number of rotatable bonds is 11. The van der Waals surface area contributed by atoms with Crippen LogP contribution in [0.15, 0.2) is 103 Å². The third-order valence-electron chi connectivity index (χ3n) is 6.53. The number of aryl methyl sites for hydroxylation is 1. The Kier molecular flexibility index (Phi) is 7.65. The molecular formula is C32H34N2O2. The number of hydrogen-bond acceptors (Lipinski definition) is 4. The van der Waals surface area contributed by atoms with E-state index in [1.54, 1.807) is 0 Å². The molecule has 0 aliphatic carbocycles. The summed E-state index contributed by atoms with van der Waals surface area (Å²) in [6.45, 7) is 4.39. The molecule has 0 radical (unpaired) electrons. The van der Waals surface area contributed by atoms with Crippen molar-refractivity contribution in [2.75, 3.05) is 30.5 Å². The van der Waals surface area contributed by atoms with Gasteiger partial charge in [-0.15, -0.1) is 0 Å². The van der Waals surface area contributed by atoms with Crippen LogP contribution in [-0.2, 0) is 15.9 Å². The van der Waals surface area contributed by atoms with E-state index in [9.17, 15) is 0 Å². The number of unbranched alkanes of at least 4 members (excludes halogenated alkanes) is 1. The van der Waals surface area contributed by atoms with Crippen LogP contribution in [0, 0.1) is 0 Å². The molecule has 4 heteroatoms. The summed E-state index contributed by atoms with van der Waals surface area (Å²) in [7, 11) is 0. The molecule has 1 aliphatic heterocycles. The van der Waals surface area contributed by atoms with Crippen LogP contribution >= 0.6 is 0 Å². The van der Waals surface area contributed by atoms with Gasteiger partial charge in [-0.25, -0.2) is 0 Å². The lowest BCUT2D eigenvalue weighted by Crippen LogP contribution is -2.49. The van der Waals surface area contributed by atoms with E-state index < -0.39 is 0 Å². The summed E-state index contributed by atoms with van der Waals surface area (Å²) in [6.07, 6.45) is 3.29. The van der Waals surface area contributed by atoms with Gasteiger partial charge >= 0.3 is 0 Å². The molecule has 0 aromatic heterocycles. The highest BCUT2D eigenvalue weighted by Gasteiger charge is 2.33. The van der Waals surface area contributed by atoms with E-state index in [2.05, 4.69) is 102 Å². The maximum Gasteiger partial charge on any atom is 0.112 e. The molecule has 4 aromatic carbocycles. The second-order valence-electron chi connectivity index (χ2n) is 9.72. The lowest BCUT2D eigenvalue weighted by molar-refractivity contribution is -0.199. The van der Waals surface area contributed by atoms with Crippen LogP contribution in [-0.4, -0.2) is 25.4 Å². The Bertz CT molecular complexity index is 1220. The molecule has 2 N–H and O–H groups in total. The maximum atomic E-state index is 5.91. The summed E-state index contributed by atoms with van der Waals surface area (Å²) < 4.78 is 11.1. The van der Waals surface area contributed by atoms with E-state index in [1.807, 2.05) is 18.2 Å². The Labute approximate surface area is 214 Å². The Balaban J connectivity index is 1.08. The lowest BCUT2D eigenvalue weighted by atomic mass is 10.0. The molecular weight excluding hydrogens is 444 g/mol. The minimum absolute atomic E-state index is 0.0455. The molecule has 1 heterocycles. The van der Waals surface area contributed by atoms with E-state index in [0.29, 0.717) is 0 Å². The van der Waals surface area contributed by atoms with Gasteiger partial charge in [-0.1, -0.05) is 54.6 Å². The molecule has 0 saturated carbocycles. The SMILES string of the molecule is CC1(OCCCCc2ccc(Nc3ccc(-c4ccc(Nc5ccccc5)cc4)cc3)cc2)COC1. The van der Waals surface area contributed by atoms with Gasteiger partial charge in [0.25, 0.3) is 0 Å². The van der Waals surface area contributed by atoms with Gasteiger partial charge in [-0.3, -0.25) is 0 Å². The van der Waals surface area contributed by atoms with Gasteiger partial charge < -0.3 is 20.1 Å². The monoisotopic (exact) mass is 478 g/mol. The number of anilines is 4. The molecule has 0 bridgehead atoms. The summed E-state index contributed by atoms with van der Waals surface area (Å²) in [4.78, 5) is 0. The second-order valence-corrected chi connectivity index (χ2v) is 9.72. The van der Waals surface area contributed by atoms with Crippen LogP contribution in [0.2, 0.25) is 0 Å². The van der Waals surface area contributed by atoms with Gasteiger partial charge in [-0.2, -0.15) is 0 Å². The average Bonchev–Trinajstić information content (AvgIpc) is 2.90. The molecule has 0 spiro atoms. The fourth-order valence-corrected chi connectivity index (χ4v) is 4.32. The smallest absolute Gasteiger partial charge is 0.112 e. The van der Waals surface area contributed by atoms with Gasteiger partial charge in [0, 0.05) is 29.4 Å². The van der Waals surface area contributed by atoms with Crippen LogP contribution in [0.4, 0.5) is 22.7 Å². The Morgan fingerprint density at radius 3 is 1.64 bits per heavy atom. The third kappa shape index (κ3) is 6.54. The zero-order chi connectivity index (χ0) is 24.6. The summed E-state index contributed by atoms with van der Waals surface area (Å²) in [5.41, 5.74) is 8.07. The predicted octanol–water partition coefficient (Wildman–Crippen LogP) is 7.97. The molecule has 4 aromatic rings. The van der Waals surface area contributed by atoms with Crippen molar-refractivity contribution in [3.05, 3.63) is 109 Å². The second kappa shape index (κ2) is 11.4. The quantitative estimate of drug-likeness (QED) is 0.215. The maximum absolute atomic E-state index is 5.91. The van der Waals surface area contributed by atoms with E-state index in [1.165, 1.54) is 16.7 Å². The molecule has 0 amide bonds. The van der Waals surface area contributed by atoms with Crippen molar-refractivity contribution in [3.8, 4) is 11.1 Å². The minimum atomic E-state index is -0.0455. The van der Waals surface area contributed by atoms with Crippen LogP contribution in [0.3, 0.4) is 0 Å². The lowest BCUT2D eigenvalue weighted by Gasteiger charge is -2.37. The van der Waals surface area contributed by atoms with Crippen LogP contribution in [0.1, 0.15) is 25.3 Å². The topological polar surface area (TPSA) is 42.5 Å². The van der Waals surface area contributed by atoms with Crippen molar-refractivity contribution in [3.63, 3.8) is 0 Å². The molecule has 1 saturated heterocycles. The zero-order valence-electron chi connectivity index (χ0n) is 20.9. The van der Waals surface area contributed by atoms with Crippen molar-refractivity contribution < 1.29 is 9.47 Å². The van der Waals surface area contributed by atoms with Crippen molar-refractivity contribution in [1.82, 2.24) is 0 Å². The van der Waals surface area contributed by atoms with Crippen molar-refractivity contribution in [2.24, 2.45) is 0 Å². The van der Waals surface area contributed by atoms with Crippen molar-refractivity contribution >= 4 is 22.7 Å². The summed E-state index contributed by atoms with van der Waals surface area (Å²) in [5.74, 6) is 0. The zero-order valence-corrected chi connectivity index (χ0v) is 20.9. The number of benzene rings is 4. The summed E-state index contributed by atoms with van der Waals surface area (Å²) in [5, 5.41) is 6.94. The highest BCUT2D eigenvalue weighted by molar-refractivity contribution is 5.71. The van der Waals surface area contributed by atoms with Gasteiger partial charge in [0.1, 0.15) is 5.60 Å². The summed E-state index contributed by atoms with van der Waals surface area (Å²) >= 11 is 0. The number of nitrogens with one attached hydrogen (secondary N) is 2.